The van der Waals surface area contributed by atoms with E-state index in [1.165, 1.54) is 18.7 Å². The Labute approximate surface area is 679 Å². The number of imidazole rings is 4. The van der Waals surface area contributed by atoms with Gasteiger partial charge in [-0.2, -0.15) is 9.59 Å². The maximum atomic E-state index is 10.4. The maximum Gasteiger partial charge on any atom is 0.373 e. The number of benzene rings is 2. The van der Waals surface area contributed by atoms with Crippen LogP contribution < -0.4 is 41.5 Å². The quantitative estimate of drug-likeness (QED) is 0.0117. The van der Waals surface area contributed by atoms with Crippen molar-refractivity contribution >= 4 is 154 Å². The van der Waals surface area contributed by atoms with E-state index in [0.717, 1.165) is 91.9 Å². The fraction of sp³-hybridized carbons (Fsp3) is 0.200. The Morgan fingerprint density at radius 3 is 1.54 bits per heavy atom. The van der Waals surface area contributed by atoms with E-state index in [9.17, 15) is 18.9 Å². The molecule has 30 nitrogen and oxygen atoms in total. The number of esters is 2. The summed E-state index contributed by atoms with van der Waals surface area (Å²) in [5, 5.41) is 7.89. The third kappa shape index (κ3) is 29.8. The predicted octanol–water partition coefficient (Wildman–Crippen LogP) is 16.7. The summed E-state index contributed by atoms with van der Waals surface area (Å²) in [7, 11) is 0. The van der Waals surface area contributed by atoms with E-state index in [4.69, 9.17) is 62.7 Å². The lowest BCUT2D eigenvalue weighted by Crippen LogP contribution is -2.15. The molecule has 13 heterocycles. The fourth-order valence-corrected chi connectivity index (χ4v) is 10.1. The van der Waals surface area contributed by atoms with Crippen molar-refractivity contribution in [2.24, 2.45) is 5.73 Å². The molecule has 0 unspecified atom stereocenters. The average molecular weight is 1760 g/mol. The number of amidine groups is 1. The summed E-state index contributed by atoms with van der Waals surface area (Å²) in [6.45, 7) is 17.9. The van der Waals surface area contributed by atoms with Crippen LogP contribution in [0.2, 0.25) is 5.15 Å². The molecule has 0 saturated carbocycles. The van der Waals surface area contributed by atoms with Crippen LogP contribution in [0, 0.1) is 33.1 Å². The smallest absolute Gasteiger partial charge is 0.373 e. The van der Waals surface area contributed by atoms with E-state index < -0.39 is 11.2 Å². The maximum absolute atomic E-state index is 10.4. The number of aryl methyl sites for hydroxylation is 5. The number of ether oxygens (including phenoxy) is 6. The number of allylic oxidation sites excluding steroid dienone is 1. The van der Waals surface area contributed by atoms with Gasteiger partial charge in [0.05, 0.1) is 36.0 Å². The number of ketones is 1. The Balaban J connectivity index is 0.000000233. The predicted molar refractivity (Wildman–Crippen MR) is 440 cm³/mol. The van der Waals surface area contributed by atoms with E-state index in [1.807, 2.05) is 162 Å². The molecule has 112 heavy (non-hydrogen) atoms. The number of anilines is 4. The summed E-state index contributed by atoms with van der Waals surface area (Å²) in [4.78, 5) is 86.3. The molecule has 0 atom stereocenters. The van der Waals surface area contributed by atoms with Crippen molar-refractivity contribution in [1.29, 1.82) is 5.41 Å². The van der Waals surface area contributed by atoms with Gasteiger partial charge in [-0.3, -0.25) is 32.8 Å². The average Bonchev–Trinajstić information content (AvgIpc) is 1.69. The molecule has 0 saturated heterocycles. The van der Waals surface area contributed by atoms with Gasteiger partial charge in [0, 0.05) is 107 Å². The number of Topliss-reactive ketones (excluding diaryl/α,β-unsaturated/α-hetero) is 1. The van der Waals surface area contributed by atoms with Gasteiger partial charge in [0.25, 0.3) is 0 Å². The summed E-state index contributed by atoms with van der Waals surface area (Å²) in [6, 6.07) is 43.4. The lowest BCUT2D eigenvalue weighted by Gasteiger charge is -2.08. The molecule has 15 rings (SSSR count). The SMILES string of the molecule is BrBr.C/C=C/C(=O)OCC.CCOC(=O)CC(C)=O.CCc1c(C)nc2ccccn12.Cc1nc2ccccn2c1-c1nccc(Cl)n1.Cc1nc2ccccn2c1-c1nccc(Nc2ccc3c(c2)OCO3)n1.Cc1nc2ccccn2c1C(=N)N.Nc1ccc2c(c1)OCO2.Nc1ccccn1.O=C=O.O=P(Cl)(Cl)Cl. The summed E-state index contributed by atoms with van der Waals surface area (Å²) in [5.74, 6) is 4.64. The normalized spacial score (nSPS) is 10.7. The van der Waals surface area contributed by atoms with Gasteiger partial charge >= 0.3 is 23.3 Å². The van der Waals surface area contributed by atoms with Crippen LogP contribution in [0.3, 0.4) is 0 Å². The summed E-state index contributed by atoms with van der Waals surface area (Å²) in [5.41, 5.74) is 28.8. The van der Waals surface area contributed by atoms with Crippen LogP contribution in [0.1, 0.15) is 75.2 Å². The van der Waals surface area contributed by atoms with Crippen molar-refractivity contribution in [1.82, 2.24) is 62.5 Å². The minimum absolute atomic E-state index is 0.0520. The largest absolute Gasteiger partial charge is 0.466 e. The van der Waals surface area contributed by atoms with Gasteiger partial charge < -0.3 is 55.3 Å². The number of hydrogen-bond donors (Lipinski definition) is 5. The topological polar surface area (TPSA) is 405 Å². The molecule has 2 aromatic carbocycles. The Bertz CT molecular complexity index is 5330. The van der Waals surface area contributed by atoms with Crippen LogP contribution in [0.5, 0.6) is 23.0 Å². The van der Waals surface area contributed by atoms with Crippen LogP contribution in [-0.2, 0) is 44.4 Å². The number of nitrogens with two attached hydrogens (primary N) is 3. The standard InChI is InChI=1S/C19H15N5O2.C12H9ClN4.C10H12N2.C9H10N4.C7H7NO2.C6H10O3.C6H10O2.C5H6N2.CO2.Br2.Cl3OP/c1-12-18(24-9-3-2-4-17(24)21-12)19-20-8-7-16(23-19)22-13-5-6-14-15(10-13)26-11-25-14;1-8-11(12-14-6-5-9(13)16-12)17-7-3-2-4-10(17)15-8;1-3-9-8(2)11-10-6-4-5-7-12(9)10;1-6-8(9(10)11)13-5-3-2-4-7(13)12-6;8-5-1-2-6-7(3-5)10-4-9-6;1-3-9-6(8)4-5(2)7;1-3-5-6(7)8-4-2;6-5-3-1-2-4-7-5;2-1-3;1-2;1-5(2,3)4/h2-10H,11H2,1H3,(H,20,22,23);2-7H,1H3;4-7H,3H2,1-2H3;2-5H,1H3,(H3,10,11);1-3H,4,8H2;3-4H2,1-2H3;3,5H,4H2,1-2H3;1-4H,(H2,6,7);;;/b;;;;;;5-3+;;;;. The molecular weight excluding hydrogens is 1680 g/mol. The number of pyridine rings is 5. The van der Waals surface area contributed by atoms with Crippen molar-refractivity contribution < 1.29 is 57.0 Å². The molecule has 11 aromatic heterocycles. The summed E-state index contributed by atoms with van der Waals surface area (Å²) in [6.07, 6.45) is 17.1. The first-order valence-electron chi connectivity index (χ1n) is 33.4. The first-order chi connectivity index (χ1) is 53.7. The highest BCUT2D eigenvalue weighted by Gasteiger charge is 2.18. The number of nitrogen functional groups attached to an aromatic ring is 3. The number of fused-ring (bicyclic) bond motifs is 6. The van der Waals surface area contributed by atoms with E-state index in [2.05, 4.69) is 146 Å². The molecule has 0 fully saturated rings. The number of carbonyl (C=O) groups excluding carboxylic acids is 5. The number of halogens is 6. The lowest BCUT2D eigenvalue weighted by molar-refractivity contribution is -0.191. The number of nitrogens with one attached hydrogen (secondary N) is 2. The van der Waals surface area contributed by atoms with Gasteiger partial charge in [0.2, 0.25) is 13.6 Å². The van der Waals surface area contributed by atoms with Gasteiger partial charge in [0.15, 0.2) is 34.6 Å². The van der Waals surface area contributed by atoms with Crippen molar-refractivity contribution in [3.63, 3.8) is 0 Å². The molecule has 0 spiro atoms. The molecule has 0 amide bonds. The number of carbonyl (C=O) groups is 3. The Kier molecular flexibility index (Phi) is 38.8. The van der Waals surface area contributed by atoms with Crippen molar-refractivity contribution in [2.45, 2.75) is 75.2 Å². The highest BCUT2D eigenvalue weighted by molar-refractivity contribution is 9.93. The molecule has 0 aliphatic carbocycles. The van der Waals surface area contributed by atoms with E-state index >= 15 is 0 Å². The monoisotopic (exact) mass is 1750 g/mol. The molecule has 37 heteroatoms. The van der Waals surface area contributed by atoms with Crippen LogP contribution in [0.15, 0.2) is 195 Å². The van der Waals surface area contributed by atoms with Crippen LogP contribution >= 0.6 is 78.8 Å². The highest BCUT2D eigenvalue weighted by Crippen LogP contribution is 2.61. The molecule has 8 N–H and O–H groups in total. The molecule has 2 aliphatic heterocycles. The minimum Gasteiger partial charge on any atom is -0.466 e. The summed E-state index contributed by atoms with van der Waals surface area (Å²) >= 11 is 25.2. The number of nitrogens with zero attached hydrogens (tertiary/aromatic N) is 13. The zero-order valence-electron chi connectivity index (χ0n) is 61.9. The van der Waals surface area contributed by atoms with Gasteiger partial charge in [-0.05, 0) is 193 Å². The van der Waals surface area contributed by atoms with E-state index in [0.29, 0.717) is 59.8 Å². The van der Waals surface area contributed by atoms with Crippen molar-refractivity contribution in [3.05, 3.63) is 234 Å². The second-order valence-electron chi connectivity index (χ2n) is 22.2. The Morgan fingerprint density at radius 1 is 0.598 bits per heavy atom. The zero-order chi connectivity index (χ0) is 82.3. The molecule has 588 valence electrons. The Morgan fingerprint density at radius 2 is 1.06 bits per heavy atom. The first-order valence-corrected chi connectivity index (χ1v) is 41.9. The number of rotatable bonds is 11. The second kappa shape index (κ2) is 47.7. The summed E-state index contributed by atoms with van der Waals surface area (Å²) < 4.78 is 47.4. The minimum atomic E-state index is -3.22. The fourth-order valence-electron chi connectivity index (χ4n) is 9.94. The third-order valence-corrected chi connectivity index (χ3v) is 14.5. The van der Waals surface area contributed by atoms with Gasteiger partial charge in [-0.1, -0.05) is 54.9 Å². The van der Waals surface area contributed by atoms with Crippen LogP contribution in [-0.4, -0.2) is 119 Å². The van der Waals surface area contributed by atoms with Gasteiger partial charge in [0.1, 0.15) is 74.5 Å². The molecule has 0 radical (unpaired) electrons. The zero-order valence-corrected chi connectivity index (χ0v) is 69.0. The molecule has 13 aromatic rings. The second-order valence-corrected chi connectivity index (χ2v) is 29.2. The van der Waals surface area contributed by atoms with Crippen LogP contribution in [0.25, 0.3) is 45.6 Å². The third-order valence-electron chi connectivity index (χ3n) is 14.2. The highest BCUT2D eigenvalue weighted by atomic mass is 80.9. The number of hydrogen-bond acceptors (Lipinski definition) is 25. The molecule has 0 bridgehead atoms. The first kappa shape index (κ1) is 91.3. The van der Waals surface area contributed by atoms with E-state index in [-0.39, 0.29) is 37.0 Å². The molecular formula is C75H79Br2Cl4N18O12P. The van der Waals surface area contributed by atoms with E-state index in [1.54, 1.807) is 75.8 Å². The van der Waals surface area contributed by atoms with Crippen LogP contribution in [0.4, 0.5) is 23.0 Å². The van der Waals surface area contributed by atoms with Crippen molar-refractivity contribution in [2.75, 3.05) is 43.6 Å². The molecule has 2 aliphatic rings. The van der Waals surface area contributed by atoms with Gasteiger partial charge in [-0.25, -0.2) is 49.7 Å². The van der Waals surface area contributed by atoms with Gasteiger partial charge in [-0.15, -0.1) is 0 Å². The Hall–Kier alpha value is -11.3. The number of aromatic nitrogens is 13. The lowest BCUT2D eigenvalue weighted by atomic mass is 10.2. The van der Waals surface area contributed by atoms with Crippen molar-refractivity contribution in [3.8, 4) is 46.0 Å².